The summed E-state index contributed by atoms with van der Waals surface area (Å²) in [6, 6.07) is 6.40. The molecule has 3 heteroatoms. The highest BCUT2D eigenvalue weighted by Gasteiger charge is 2.18. The Morgan fingerprint density at radius 3 is 2.67 bits per heavy atom. The summed E-state index contributed by atoms with van der Waals surface area (Å²) < 4.78 is 0. The van der Waals surface area contributed by atoms with Crippen molar-refractivity contribution in [3.8, 4) is 0 Å². The highest BCUT2D eigenvalue weighted by molar-refractivity contribution is 6.35. The van der Waals surface area contributed by atoms with E-state index in [1.807, 2.05) is 12.1 Å². The van der Waals surface area contributed by atoms with Gasteiger partial charge in [0.15, 0.2) is 0 Å². The first-order valence-electron chi connectivity index (χ1n) is 8.36. The highest BCUT2D eigenvalue weighted by Crippen LogP contribution is 2.30. The topological polar surface area (TPSA) is 12.0 Å². The molecule has 1 N–H and O–H groups in total. The maximum atomic E-state index is 6.32. The maximum absolute atomic E-state index is 6.32. The van der Waals surface area contributed by atoms with Crippen LogP contribution >= 0.6 is 23.2 Å². The van der Waals surface area contributed by atoms with Crippen LogP contribution in [0.4, 0.5) is 0 Å². The summed E-state index contributed by atoms with van der Waals surface area (Å²) >= 11 is 12.3. The van der Waals surface area contributed by atoms with Crippen LogP contribution in [0.25, 0.3) is 0 Å². The lowest BCUT2D eigenvalue weighted by Crippen LogP contribution is -2.32. The fraction of sp³-hybridized carbons (Fsp3) is 0.667. The van der Waals surface area contributed by atoms with Gasteiger partial charge in [-0.2, -0.15) is 0 Å². The monoisotopic (exact) mass is 327 g/mol. The predicted molar refractivity (Wildman–Crippen MR) is 93.4 cm³/mol. The normalized spacial score (nSPS) is 17.3. The Bertz CT molecular complexity index is 427. The molecule has 1 aliphatic rings. The molecule has 0 radical (unpaired) electrons. The summed E-state index contributed by atoms with van der Waals surface area (Å²) in [6.07, 6.45) is 10.5. The van der Waals surface area contributed by atoms with Crippen LogP contribution in [0.5, 0.6) is 0 Å². The quantitative estimate of drug-likeness (QED) is 0.629. The van der Waals surface area contributed by atoms with Crippen LogP contribution in [0, 0.1) is 5.92 Å². The van der Waals surface area contributed by atoms with E-state index in [4.69, 9.17) is 23.2 Å². The van der Waals surface area contributed by atoms with Crippen LogP contribution in [0.2, 0.25) is 10.0 Å². The van der Waals surface area contributed by atoms with Gasteiger partial charge in [0, 0.05) is 16.1 Å². The van der Waals surface area contributed by atoms with Crippen molar-refractivity contribution in [2.45, 2.75) is 64.3 Å². The molecule has 0 aromatic heterocycles. The Balaban J connectivity index is 1.90. The first kappa shape index (κ1) is 17.1. The van der Waals surface area contributed by atoms with Gasteiger partial charge in [-0.15, -0.1) is 0 Å². The first-order valence-corrected chi connectivity index (χ1v) is 9.12. The number of rotatable bonds is 8. The molecule has 1 atom stereocenters. The van der Waals surface area contributed by atoms with Gasteiger partial charge in [0.1, 0.15) is 0 Å². The SMILES string of the molecule is CCCNC(CCC1CCCC1)Cc1ccc(Cl)cc1Cl. The van der Waals surface area contributed by atoms with E-state index >= 15 is 0 Å². The van der Waals surface area contributed by atoms with Crippen LogP contribution < -0.4 is 5.32 Å². The molecule has 21 heavy (non-hydrogen) atoms. The molecule has 2 rings (SSSR count). The average Bonchev–Trinajstić information content (AvgIpc) is 2.97. The van der Waals surface area contributed by atoms with Crippen molar-refractivity contribution in [3.63, 3.8) is 0 Å². The average molecular weight is 328 g/mol. The third-order valence-corrected chi connectivity index (χ3v) is 5.15. The van der Waals surface area contributed by atoms with Crippen molar-refractivity contribution >= 4 is 23.2 Å². The fourth-order valence-electron chi connectivity index (χ4n) is 3.31. The van der Waals surface area contributed by atoms with Gasteiger partial charge in [0.05, 0.1) is 0 Å². The van der Waals surface area contributed by atoms with Crippen LogP contribution in [-0.2, 0) is 6.42 Å². The highest BCUT2D eigenvalue weighted by atomic mass is 35.5. The number of halogens is 2. The van der Waals surface area contributed by atoms with Gasteiger partial charge in [-0.3, -0.25) is 0 Å². The summed E-state index contributed by atoms with van der Waals surface area (Å²) in [5.41, 5.74) is 1.21. The zero-order chi connectivity index (χ0) is 15.1. The minimum absolute atomic E-state index is 0.532. The number of hydrogen-bond donors (Lipinski definition) is 1. The van der Waals surface area contributed by atoms with Crippen molar-refractivity contribution in [3.05, 3.63) is 33.8 Å². The van der Waals surface area contributed by atoms with E-state index in [9.17, 15) is 0 Å². The van der Waals surface area contributed by atoms with Crippen LogP contribution in [-0.4, -0.2) is 12.6 Å². The van der Waals surface area contributed by atoms with Crippen LogP contribution in [0.15, 0.2) is 18.2 Å². The molecule has 1 aromatic rings. The van der Waals surface area contributed by atoms with Gasteiger partial charge >= 0.3 is 0 Å². The summed E-state index contributed by atoms with van der Waals surface area (Å²) in [7, 11) is 0. The zero-order valence-corrected chi connectivity index (χ0v) is 14.5. The standard InChI is InChI=1S/C18H27Cl2N/c1-2-11-21-17(10-7-14-5-3-4-6-14)12-15-8-9-16(19)13-18(15)20/h8-9,13-14,17,21H,2-7,10-12H2,1H3. The molecule has 0 aliphatic heterocycles. The summed E-state index contributed by atoms with van der Waals surface area (Å²) in [5.74, 6) is 0.955. The molecular formula is C18H27Cl2N. The Morgan fingerprint density at radius 2 is 2.00 bits per heavy atom. The Hall–Kier alpha value is -0.240. The van der Waals surface area contributed by atoms with Gasteiger partial charge < -0.3 is 5.32 Å². The van der Waals surface area contributed by atoms with Crippen molar-refractivity contribution in [2.75, 3.05) is 6.54 Å². The minimum Gasteiger partial charge on any atom is -0.314 e. The third kappa shape index (κ3) is 5.81. The minimum atomic E-state index is 0.532. The molecule has 0 heterocycles. The van der Waals surface area contributed by atoms with Crippen molar-refractivity contribution in [1.82, 2.24) is 5.32 Å². The summed E-state index contributed by atoms with van der Waals surface area (Å²) in [6.45, 7) is 3.30. The van der Waals surface area contributed by atoms with E-state index in [0.717, 1.165) is 23.9 Å². The number of nitrogens with one attached hydrogen (secondary N) is 1. The van der Waals surface area contributed by atoms with Gasteiger partial charge in [-0.25, -0.2) is 0 Å². The summed E-state index contributed by atoms with van der Waals surface area (Å²) in [4.78, 5) is 0. The molecule has 1 aromatic carbocycles. The lowest BCUT2D eigenvalue weighted by Gasteiger charge is -2.21. The van der Waals surface area contributed by atoms with E-state index < -0.39 is 0 Å². The number of benzene rings is 1. The van der Waals surface area contributed by atoms with Crippen molar-refractivity contribution in [2.24, 2.45) is 5.92 Å². The van der Waals surface area contributed by atoms with Crippen LogP contribution in [0.1, 0.15) is 57.4 Å². The van der Waals surface area contributed by atoms with Crippen LogP contribution in [0.3, 0.4) is 0 Å². The van der Waals surface area contributed by atoms with Gasteiger partial charge in [-0.05, 0) is 55.8 Å². The molecule has 1 nitrogen and oxygen atoms in total. The Morgan fingerprint density at radius 1 is 1.24 bits per heavy atom. The smallest absolute Gasteiger partial charge is 0.0453 e. The Kier molecular flexibility index (Phi) is 7.36. The molecule has 0 amide bonds. The van der Waals surface area contributed by atoms with Gasteiger partial charge in [0.2, 0.25) is 0 Å². The lowest BCUT2D eigenvalue weighted by atomic mass is 9.95. The second-order valence-electron chi connectivity index (χ2n) is 6.32. The molecule has 0 spiro atoms. The first-order chi connectivity index (χ1) is 10.2. The molecule has 1 saturated carbocycles. The van der Waals surface area contributed by atoms with Gasteiger partial charge in [-0.1, -0.05) is 61.9 Å². The van der Waals surface area contributed by atoms with E-state index in [0.29, 0.717) is 11.1 Å². The van der Waals surface area contributed by atoms with Gasteiger partial charge in [0.25, 0.3) is 0 Å². The fourth-order valence-corrected chi connectivity index (χ4v) is 3.80. The molecule has 0 saturated heterocycles. The third-order valence-electron chi connectivity index (χ3n) is 4.56. The lowest BCUT2D eigenvalue weighted by molar-refractivity contribution is 0.402. The predicted octanol–water partition coefficient (Wildman–Crippen LogP) is 5.87. The van der Waals surface area contributed by atoms with E-state index in [-0.39, 0.29) is 0 Å². The molecule has 1 unspecified atom stereocenters. The van der Waals surface area contributed by atoms with E-state index in [1.54, 1.807) is 0 Å². The second-order valence-corrected chi connectivity index (χ2v) is 7.16. The molecule has 0 bridgehead atoms. The molecule has 118 valence electrons. The molecular weight excluding hydrogens is 301 g/mol. The van der Waals surface area contributed by atoms with Crippen molar-refractivity contribution in [1.29, 1.82) is 0 Å². The zero-order valence-electron chi connectivity index (χ0n) is 13.0. The summed E-state index contributed by atoms with van der Waals surface area (Å²) in [5, 5.41) is 5.21. The largest absolute Gasteiger partial charge is 0.314 e. The van der Waals surface area contributed by atoms with Crippen molar-refractivity contribution < 1.29 is 0 Å². The maximum Gasteiger partial charge on any atom is 0.0453 e. The second kappa shape index (κ2) is 9.02. The molecule has 1 aliphatic carbocycles. The van der Waals surface area contributed by atoms with E-state index in [2.05, 4.69) is 18.3 Å². The molecule has 1 fully saturated rings. The Labute approximate surface area is 139 Å². The van der Waals surface area contributed by atoms with E-state index in [1.165, 1.54) is 50.5 Å². The number of hydrogen-bond acceptors (Lipinski definition) is 1.